The number of aromatic nitrogens is 3. The van der Waals surface area contributed by atoms with Crippen molar-refractivity contribution in [3.8, 4) is 11.6 Å². The molecule has 0 radical (unpaired) electrons. The van der Waals surface area contributed by atoms with E-state index in [1.807, 2.05) is 36.1 Å². The third kappa shape index (κ3) is 3.72. The van der Waals surface area contributed by atoms with Gasteiger partial charge in [-0.15, -0.1) is 0 Å². The first-order valence-electron chi connectivity index (χ1n) is 9.82. The molecule has 1 aliphatic heterocycles. The van der Waals surface area contributed by atoms with Crippen LogP contribution in [0.5, 0.6) is 11.6 Å². The van der Waals surface area contributed by atoms with E-state index in [9.17, 15) is 9.59 Å². The smallest absolute Gasteiger partial charge is 0.225 e. The van der Waals surface area contributed by atoms with Crippen LogP contribution in [-0.2, 0) is 22.6 Å². The summed E-state index contributed by atoms with van der Waals surface area (Å²) < 4.78 is 7.61. The van der Waals surface area contributed by atoms with Crippen molar-refractivity contribution in [1.82, 2.24) is 19.4 Å². The van der Waals surface area contributed by atoms with Crippen molar-refractivity contribution in [2.75, 3.05) is 0 Å². The number of amides is 1. The Morgan fingerprint density at radius 1 is 1.31 bits per heavy atom. The molecule has 1 atom stereocenters. The number of carbonyl (C=O) groups is 2. The fourth-order valence-electron chi connectivity index (χ4n) is 3.79. The minimum absolute atomic E-state index is 0.0613. The SMILES string of the molecule is CC(C)CC(=O)N1Cc2ncnc(Oc3ccc4c(ccn4C=O)c3)c2C[C@@H]1C. The maximum Gasteiger partial charge on any atom is 0.225 e. The van der Waals surface area contributed by atoms with Crippen molar-refractivity contribution in [2.24, 2.45) is 5.92 Å². The Hall–Kier alpha value is -3.22. The molecule has 29 heavy (non-hydrogen) atoms. The van der Waals surface area contributed by atoms with E-state index in [0.29, 0.717) is 36.9 Å². The second kappa shape index (κ2) is 7.66. The summed E-state index contributed by atoms with van der Waals surface area (Å²) in [7, 11) is 0. The first kappa shape index (κ1) is 19.1. The van der Waals surface area contributed by atoms with Gasteiger partial charge >= 0.3 is 0 Å². The van der Waals surface area contributed by atoms with Crippen LogP contribution in [-0.4, -0.2) is 37.8 Å². The predicted molar refractivity (Wildman–Crippen MR) is 109 cm³/mol. The van der Waals surface area contributed by atoms with Gasteiger partial charge in [0.05, 0.1) is 17.8 Å². The summed E-state index contributed by atoms with van der Waals surface area (Å²) in [6, 6.07) is 7.48. The number of rotatable bonds is 5. The molecule has 3 aromatic rings. The Labute approximate surface area is 169 Å². The number of benzene rings is 1. The van der Waals surface area contributed by atoms with Gasteiger partial charge in [-0.3, -0.25) is 14.2 Å². The van der Waals surface area contributed by atoms with Crippen LogP contribution in [0.1, 0.15) is 38.4 Å². The summed E-state index contributed by atoms with van der Waals surface area (Å²) in [5.74, 6) is 1.65. The van der Waals surface area contributed by atoms with Gasteiger partial charge in [0.2, 0.25) is 18.2 Å². The van der Waals surface area contributed by atoms with Crippen LogP contribution >= 0.6 is 0 Å². The largest absolute Gasteiger partial charge is 0.439 e. The summed E-state index contributed by atoms with van der Waals surface area (Å²) in [6.45, 7) is 6.62. The predicted octanol–water partition coefficient (Wildman–Crippen LogP) is 3.58. The minimum Gasteiger partial charge on any atom is -0.439 e. The molecule has 0 unspecified atom stereocenters. The molecular weight excluding hydrogens is 368 g/mol. The van der Waals surface area contributed by atoms with Crippen LogP contribution in [0.15, 0.2) is 36.8 Å². The Morgan fingerprint density at radius 3 is 2.90 bits per heavy atom. The molecule has 0 spiro atoms. The van der Waals surface area contributed by atoms with Gasteiger partial charge in [0.1, 0.15) is 12.1 Å². The highest BCUT2D eigenvalue weighted by Crippen LogP contribution is 2.32. The van der Waals surface area contributed by atoms with Crippen LogP contribution in [0.25, 0.3) is 10.9 Å². The fraction of sp³-hybridized carbons (Fsp3) is 0.364. The number of ether oxygens (including phenoxy) is 1. The average molecular weight is 392 g/mol. The van der Waals surface area contributed by atoms with Crippen LogP contribution in [0.3, 0.4) is 0 Å². The molecule has 150 valence electrons. The lowest BCUT2D eigenvalue weighted by Crippen LogP contribution is -2.43. The molecule has 0 N–H and O–H groups in total. The molecule has 0 bridgehead atoms. The van der Waals surface area contributed by atoms with Crippen molar-refractivity contribution in [2.45, 2.75) is 46.2 Å². The second-order valence-corrected chi connectivity index (χ2v) is 7.93. The highest BCUT2D eigenvalue weighted by Gasteiger charge is 2.30. The quantitative estimate of drug-likeness (QED) is 0.620. The summed E-state index contributed by atoms with van der Waals surface area (Å²) in [6.07, 6.45) is 5.17. The summed E-state index contributed by atoms with van der Waals surface area (Å²) in [5, 5.41) is 0.913. The van der Waals surface area contributed by atoms with E-state index in [1.165, 1.54) is 10.9 Å². The van der Waals surface area contributed by atoms with Gasteiger partial charge in [-0.05, 0) is 43.5 Å². The van der Waals surface area contributed by atoms with E-state index < -0.39 is 0 Å². The van der Waals surface area contributed by atoms with Crippen molar-refractivity contribution in [1.29, 1.82) is 0 Å². The first-order chi connectivity index (χ1) is 14.0. The van der Waals surface area contributed by atoms with Crippen LogP contribution in [0.2, 0.25) is 0 Å². The minimum atomic E-state index is 0.0613. The maximum atomic E-state index is 12.6. The van der Waals surface area contributed by atoms with Crippen molar-refractivity contribution >= 4 is 23.2 Å². The van der Waals surface area contributed by atoms with Gasteiger partial charge in [0.15, 0.2) is 0 Å². The molecule has 3 heterocycles. The van der Waals surface area contributed by atoms with Crippen molar-refractivity contribution in [3.05, 3.63) is 48.0 Å². The number of hydrogen-bond donors (Lipinski definition) is 0. The fourth-order valence-corrected chi connectivity index (χ4v) is 3.79. The number of carbonyl (C=O) groups excluding carboxylic acids is 2. The summed E-state index contributed by atoms with van der Waals surface area (Å²) >= 11 is 0. The molecule has 0 saturated carbocycles. The lowest BCUT2D eigenvalue weighted by molar-refractivity contribution is -0.135. The highest BCUT2D eigenvalue weighted by atomic mass is 16.5. The average Bonchev–Trinajstić information content (AvgIpc) is 3.10. The topological polar surface area (TPSA) is 77.3 Å². The molecule has 7 heteroatoms. The van der Waals surface area contributed by atoms with Crippen LogP contribution < -0.4 is 4.74 Å². The Bertz CT molecular complexity index is 1070. The van der Waals surface area contributed by atoms with E-state index >= 15 is 0 Å². The molecule has 1 amide bonds. The maximum absolute atomic E-state index is 12.6. The van der Waals surface area contributed by atoms with Gasteiger partial charge in [0.25, 0.3) is 0 Å². The zero-order chi connectivity index (χ0) is 20.5. The van der Waals surface area contributed by atoms with Gasteiger partial charge < -0.3 is 9.64 Å². The lowest BCUT2D eigenvalue weighted by Gasteiger charge is -2.35. The van der Waals surface area contributed by atoms with Gasteiger partial charge in [-0.25, -0.2) is 9.97 Å². The normalized spacial score (nSPS) is 16.1. The Morgan fingerprint density at radius 2 is 2.14 bits per heavy atom. The van der Waals surface area contributed by atoms with E-state index in [0.717, 1.165) is 28.6 Å². The van der Waals surface area contributed by atoms with Gasteiger partial charge in [-0.2, -0.15) is 0 Å². The van der Waals surface area contributed by atoms with Gasteiger partial charge in [0, 0.05) is 29.6 Å². The molecule has 1 aliphatic rings. The summed E-state index contributed by atoms with van der Waals surface area (Å²) in [4.78, 5) is 34.3. The van der Waals surface area contributed by atoms with Crippen LogP contribution in [0, 0.1) is 5.92 Å². The zero-order valence-electron chi connectivity index (χ0n) is 16.8. The number of nitrogens with zero attached hydrogens (tertiary/aromatic N) is 4. The Balaban J connectivity index is 1.60. The van der Waals surface area contributed by atoms with E-state index in [2.05, 4.69) is 23.8 Å². The lowest BCUT2D eigenvalue weighted by atomic mass is 9.98. The molecule has 0 saturated heterocycles. The molecule has 0 fully saturated rings. The second-order valence-electron chi connectivity index (χ2n) is 7.93. The van der Waals surface area contributed by atoms with Crippen molar-refractivity contribution in [3.63, 3.8) is 0 Å². The summed E-state index contributed by atoms with van der Waals surface area (Å²) in [5.41, 5.74) is 2.60. The zero-order valence-corrected chi connectivity index (χ0v) is 16.8. The molecule has 7 nitrogen and oxygen atoms in total. The molecule has 4 rings (SSSR count). The Kier molecular flexibility index (Phi) is 5.05. The molecule has 1 aromatic carbocycles. The number of fused-ring (bicyclic) bond motifs is 2. The first-order valence-corrected chi connectivity index (χ1v) is 9.82. The monoisotopic (exact) mass is 392 g/mol. The third-order valence-corrected chi connectivity index (χ3v) is 5.27. The third-order valence-electron chi connectivity index (χ3n) is 5.27. The van der Waals surface area contributed by atoms with Crippen molar-refractivity contribution < 1.29 is 14.3 Å². The van der Waals surface area contributed by atoms with Gasteiger partial charge in [-0.1, -0.05) is 13.8 Å². The van der Waals surface area contributed by atoms with Crippen LogP contribution in [0.4, 0.5) is 0 Å². The standard InChI is InChI=1S/C22H24N4O3/c1-14(2)8-21(28)26-11-19-18(9-15(26)3)22(24-12-23-19)29-17-4-5-20-16(10-17)6-7-25(20)13-27/h4-7,10,12-15H,8-9,11H2,1-3H3/t15-/m0/s1. The van der Waals surface area contributed by atoms with E-state index in [-0.39, 0.29) is 11.9 Å². The molecule has 2 aromatic heterocycles. The van der Waals surface area contributed by atoms with E-state index in [1.54, 1.807) is 6.20 Å². The number of hydrogen-bond acceptors (Lipinski definition) is 5. The highest BCUT2D eigenvalue weighted by molar-refractivity contribution is 5.86. The van der Waals surface area contributed by atoms with E-state index in [4.69, 9.17) is 4.74 Å². The molecular formula is C22H24N4O3. The molecule has 0 aliphatic carbocycles.